The Balaban J connectivity index is 5.40. The van der Waals surface area contributed by atoms with Crippen molar-refractivity contribution in [1.82, 2.24) is 0 Å². The summed E-state index contributed by atoms with van der Waals surface area (Å²) in [5.74, 6) is -2.25. The number of allylic oxidation sites excluding steroid dienone is 22. The Morgan fingerprint density at radius 2 is 0.491 bits per heavy atom. The molecule has 3 N–H and O–H groups in total. The third-order valence-electron chi connectivity index (χ3n) is 17.1. The first kappa shape index (κ1) is 101. The van der Waals surface area contributed by atoms with Crippen LogP contribution in [0.1, 0.15) is 336 Å². The summed E-state index contributed by atoms with van der Waals surface area (Å²) in [6.07, 6.45) is 88.5. The van der Waals surface area contributed by atoms with E-state index in [0.717, 1.165) is 167 Å². The Morgan fingerprint density at radius 1 is 0.274 bits per heavy atom. The maximum Gasteiger partial charge on any atom is 0.472 e. The van der Waals surface area contributed by atoms with Gasteiger partial charge in [-0.15, -0.1) is 0 Å². The van der Waals surface area contributed by atoms with Crippen LogP contribution in [0.25, 0.3) is 0 Å². The summed E-state index contributed by atoms with van der Waals surface area (Å²) < 4.78 is 68.7. The van der Waals surface area contributed by atoms with Gasteiger partial charge in [-0.3, -0.25) is 37.3 Å². The van der Waals surface area contributed by atoms with Crippen molar-refractivity contribution in [3.05, 3.63) is 134 Å². The molecule has 0 fully saturated rings. The van der Waals surface area contributed by atoms with Crippen LogP contribution in [0.2, 0.25) is 0 Å². The van der Waals surface area contributed by atoms with Crippen LogP contribution in [0.15, 0.2) is 134 Å². The van der Waals surface area contributed by atoms with E-state index in [1.807, 2.05) is 0 Å². The van der Waals surface area contributed by atoms with E-state index in [-0.39, 0.29) is 25.7 Å². The number of carbonyl (C=O) groups excluding carboxylic acids is 4. The van der Waals surface area contributed by atoms with Crippen molar-refractivity contribution < 1.29 is 80.2 Å². The van der Waals surface area contributed by atoms with Gasteiger partial charge in [0, 0.05) is 25.7 Å². The third-order valence-corrected chi connectivity index (χ3v) is 19.0. The summed E-state index contributed by atoms with van der Waals surface area (Å²) in [5, 5.41) is 10.7. The van der Waals surface area contributed by atoms with Gasteiger partial charge in [0.05, 0.1) is 26.4 Å². The first-order chi connectivity index (χ1) is 51.7. The number of unbranched alkanes of at least 4 members (excludes halogenated alkanes) is 29. The monoisotopic (exact) mass is 1530 g/mol. The van der Waals surface area contributed by atoms with Gasteiger partial charge in [0.1, 0.15) is 19.3 Å². The van der Waals surface area contributed by atoms with Crippen LogP contribution in [-0.2, 0) is 65.4 Å². The van der Waals surface area contributed by atoms with Gasteiger partial charge in [-0.05, 0) is 141 Å². The Labute approximate surface area is 644 Å². The molecule has 0 heterocycles. The van der Waals surface area contributed by atoms with Gasteiger partial charge in [0.25, 0.3) is 0 Å². The van der Waals surface area contributed by atoms with Crippen LogP contribution < -0.4 is 0 Å². The molecule has 0 spiro atoms. The van der Waals surface area contributed by atoms with E-state index in [4.69, 9.17) is 37.0 Å². The zero-order valence-electron chi connectivity index (χ0n) is 66.6. The van der Waals surface area contributed by atoms with Crippen LogP contribution in [0.5, 0.6) is 0 Å². The summed E-state index contributed by atoms with van der Waals surface area (Å²) in [5.41, 5.74) is 0. The molecule has 0 aromatic rings. The van der Waals surface area contributed by atoms with Crippen molar-refractivity contribution in [3.8, 4) is 0 Å². The van der Waals surface area contributed by atoms with Crippen molar-refractivity contribution in [3.63, 3.8) is 0 Å². The highest BCUT2D eigenvalue weighted by Gasteiger charge is 2.30. The van der Waals surface area contributed by atoms with E-state index in [2.05, 4.69) is 161 Å². The van der Waals surface area contributed by atoms with Gasteiger partial charge in [-0.2, -0.15) is 0 Å². The molecule has 0 aliphatic heterocycles. The fourth-order valence-corrected chi connectivity index (χ4v) is 12.4. The van der Waals surface area contributed by atoms with E-state index >= 15 is 0 Å². The quantitative estimate of drug-likeness (QED) is 0.0169. The van der Waals surface area contributed by atoms with Crippen LogP contribution in [0.4, 0.5) is 0 Å². The highest BCUT2D eigenvalue weighted by Crippen LogP contribution is 2.45. The predicted molar refractivity (Wildman–Crippen MR) is 436 cm³/mol. The molecule has 0 radical (unpaired) electrons. The smallest absolute Gasteiger partial charge is 0.462 e. The molecule has 0 amide bonds. The van der Waals surface area contributed by atoms with Crippen molar-refractivity contribution in [2.75, 3.05) is 39.6 Å². The minimum Gasteiger partial charge on any atom is -0.462 e. The minimum absolute atomic E-state index is 0.0745. The molecule has 17 nitrogen and oxygen atoms in total. The van der Waals surface area contributed by atoms with Crippen LogP contribution >= 0.6 is 15.6 Å². The summed E-state index contributed by atoms with van der Waals surface area (Å²) in [4.78, 5) is 73.1. The third kappa shape index (κ3) is 77.4. The molecule has 0 saturated heterocycles. The largest absolute Gasteiger partial charge is 0.472 e. The zero-order valence-corrected chi connectivity index (χ0v) is 68.4. The average Bonchev–Trinajstić information content (AvgIpc) is 0.901. The van der Waals surface area contributed by atoms with Gasteiger partial charge in [-0.1, -0.05) is 303 Å². The van der Waals surface area contributed by atoms with Crippen LogP contribution in [0.3, 0.4) is 0 Å². The van der Waals surface area contributed by atoms with Gasteiger partial charge in [-0.25, -0.2) is 9.13 Å². The summed E-state index contributed by atoms with van der Waals surface area (Å²) in [7, 11) is -9.98. The lowest BCUT2D eigenvalue weighted by molar-refractivity contribution is -0.161. The van der Waals surface area contributed by atoms with Crippen molar-refractivity contribution >= 4 is 39.5 Å². The minimum atomic E-state index is -4.99. The number of phosphoric ester groups is 2. The lowest BCUT2D eigenvalue weighted by Crippen LogP contribution is -2.30. The molecule has 0 aliphatic rings. The number of carbonyl (C=O) groups is 4. The number of aliphatic hydroxyl groups is 1. The SMILES string of the molecule is CC/C=C\C/C=C\C/C=C\C/C=C\C/C=C\CCCCCC(=O)OCC(COP(=O)(O)OCC(O)COP(=O)(O)OCC(COC(=O)CCCCC/C=C\C/C=C\C/C=C\C/C=C\C/C=C\CC)OC(=O)CCCCCCCCCCCCCCCCC)OC(=O)CCCCCCC/C=C\CCCCCC. The number of hydrogen-bond donors (Lipinski definition) is 3. The molecular formula is C87H148O17P2. The molecular weight excluding hydrogens is 1380 g/mol. The molecule has 0 aromatic heterocycles. The van der Waals surface area contributed by atoms with Crippen LogP contribution in [0, 0.1) is 0 Å². The Kier molecular flexibility index (Phi) is 74.8. The molecule has 5 atom stereocenters. The zero-order chi connectivity index (χ0) is 77.4. The Bertz CT molecular complexity index is 2530. The van der Waals surface area contributed by atoms with Gasteiger partial charge in [0.15, 0.2) is 12.2 Å². The number of hydrogen-bond acceptors (Lipinski definition) is 15. The standard InChI is InChI=1S/C87H148O17P2/c1-5-9-13-17-21-25-29-33-36-38-40-42-45-48-51-55-59-63-67-71-84(89)97-77-82(103-86(91)73-69-65-61-57-53-47-32-28-24-20-16-12-8-4)79-101-105(93,94)99-75-81(88)76-100-106(95,96)102-80-83(104-87(92)74-70-66-62-58-54-50-44-35-31-27-23-19-15-11-7-3)78-98-85(90)72-68-64-60-56-52-49-46-43-41-39-37-34-30-26-22-18-14-10-6-2/h9-10,13-14,21-22,25-26,28,32-34,36-37,40-43,48-49,51-52,81-83,88H,5-8,11-12,15-20,23-24,27,29-31,35,38-39,44-47,50,53-80H2,1-4H3,(H,93,94)(H,95,96)/b13-9-,14-10-,25-21-,26-22-,32-28-,36-33-,37-34-,42-40-,43-41-,51-48-,52-49-. The molecule has 19 heteroatoms. The average molecular weight is 1530 g/mol. The Hall–Kier alpha value is -4.80. The molecule has 0 aromatic carbocycles. The predicted octanol–water partition coefficient (Wildman–Crippen LogP) is 24.4. The lowest BCUT2D eigenvalue weighted by Gasteiger charge is -2.21. The van der Waals surface area contributed by atoms with Crippen LogP contribution in [-0.4, -0.2) is 96.7 Å². The maximum atomic E-state index is 13.1. The Morgan fingerprint density at radius 3 is 0.783 bits per heavy atom. The second kappa shape index (κ2) is 78.3. The summed E-state index contributed by atoms with van der Waals surface area (Å²) in [6.45, 7) is 4.58. The molecule has 5 unspecified atom stereocenters. The van der Waals surface area contributed by atoms with E-state index in [0.29, 0.717) is 25.7 Å². The normalized spacial score (nSPS) is 14.5. The van der Waals surface area contributed by atoms with Crippen molar-refractivity contribution in [1.29, 1.82) is 0 Å². The lowest BCUT2D eigenvalue weighted by atomic mass is 10.0. The van der Waals surface area contributed by atoms with E-state index < -0.39 is 97.5 Å². The van der Waals surface area contributed by atoms with Gasteiger partial charge in [0.2, 0.25) is 0 Å². The maximum absolute atomic E-state index is 13.1. The van der Waals surface area contributed by atoms with E-state index in [1.165, 1.54) is 89.9 Å². The number of aliphatic hydroxyl groups excluding tert-OH is 1. The highest BCUT2D eigenvalue weighted by atomic mass is 31.2. The van der Waals surface area contributed by atoms with E-state index in [1.54, 1.807) is 0 Å². The van der Waals surface area contributed by atoms with Gasteiger partial charge < -0.3 is 33.8 Å². The fourth-order valence-electron chi connectivity index (χ4n) is 10.9. The number of rotatable bonds is 77. The molecule has 0 saturated carbocycles. The first-order valence-electron chi connectivity index (χ1n) is 41.4. The summed E-state index contributed by atoms with van der Waals surface area (Å²) in [6, 6.07) is 0. The second-order valence-corrected chi connectivity index (χ2v) is 30.2. The molecule has 106 heavy (non-hydrogen) atoms. The van der Waals surface area contributed by atoms with Crippen molar-refractivity contribution in [2.24, 2.45) is 0 Å². The van der Waals surface area contributed by atoms with Gasteiger partial charge >= 0.3 is 39.5 Å². The molecule has 0 aliphatic carbocycles. The second-order valence-electron chi connectivity index (χ2n) is 27.3. The number of phosphoric acid groups is 2. The fraction of sp³-hybridized carbons (Fsp3) is 0.701. The van der Waals surface area contributed by atoms with E-state index in [9.17, 15) is 43.2 Å². The first-order valence-corrected chi connectivity index (χ1v) is 44.4. The molecule has 0 rings (SSSR count). The topological polar surface area (TPSA) is 237 Å². The number of esters is 4. The molecule has 0 bridgehead atoms. The van der Waals surface area contributed by atoms with Crippen molar-refractivity contribution in [2.45, 2.75) is 354 Å². The summed E-state index contributed by atoms with van der Waals surface area (Å²) >= 11 is 0. The highest BCUT2D eigenvalue weighted by molar-refractivity contribution is 7.47. The number of ether oxygens (including phenoxy) is 4. The molecule has 608 valence electrons.